The molecule has 4 nitrogen and oxygen atoms in total. The van der Waals surface area contributed by atoms with Gasteiger partial charge in [0.2, 0.25) is 0 Å². The highest BCUT2D eigenvalue weighted by Crippen LogP contribution is 2.31. The molecule has 104 valence electrons. The molecule has 1 aliphatic heterocycles. The summed E-state index contributed by atoms with van der Waals surface area (Å²) in [7, 11) is 3.63. The van der Waals surface area contributed by atoms with Crippen molar-refractivity contribution in [2.24, 2.45) is 0 Å². The molecule has 0 amide bonds. The summed E-state index contributed by atoms with van der Waals surface area (Å²) >= 11 is 0. The third-order valence-electron chi connectivity index (χ3n) is 4.00. The summed E-state index contributed by atoms with van der Waals surface area (Å²) in [5.41, 5.74) is 3.54. The first kappa shape index (κ1) is 12.9. The van der Waals surface area contributed by atoms with Crippen LogP contribution in [0, 0.1) is 0 Å². The van der Waals surface area contributed by atoms with Crippen LogP contribution >= 0.6 is 0 Å². The van der Waals surface area contributed by atoms with Crippen LogP contribution in [0.25, 0.3) is 17.1 Å². The van der Waals surface area contributed by atoms with Gasteiger partial charge in [-0.3, -0.25) is 9.69 Å². The number of allylic oxidation sites excluding steroid dienone is 1. The van der Waals surface area contributed by atoms with E-state index in [1.807, 2.05) is 26.2 Å². The minimum Gasteiger partial charge on any atom is -0.480 e. The summed E-state index contributed by atoms with van der Waals surface area (Å²) in [6.45, 7) is 0. The van der Waals surface area contributed by atoms with E-state index in [1.54, 1.807) is 4.90 Å². The Balaban J connectivity index is 2.11. The molecule has 0 saturated heterocycles. The number of hydrogen-bond donors (Lipinski definition) is 1. The Morgan fingerprint density at radius 1 is 1.40 bits per heavy atom. The van der Waals surface area contributed by atoms with Crippen molar-refractivity contribution >= 4 is 23.1 Å². The van der Waals surface area contributed by atoms with E-state index in [0.717, 1.165) is 17.5 Å². The third-order valence-corrected chi connectivity index (χ3v) is 4.00. The second-order valence-electron chi connectivity index (χ2n) is 5.42. The zero-order valence-corrected chi connectivity index (χ0v) is 11.7. The number of rotatable bonds is 4. The first-order chi connectivity index (χ1) is 9.59. The van der Waals surface area contributed by atoms with Gasteiger partial charge in [0.25, 0.3) is 0 Å². The molecule has 0 aliphatic carbocycles. The van der Waals surface area contributed by atoms with Crippen molar-refractivity contribution in [3.63, 3.8) is 0 Å². The smallest absolute Gasteiger partial charge is 0.321 e. The van der Waals surface area contributed by atoms with Gasteiger partial charge >= 0.3 is 5.97 Å². The number of likely N-dealkylation sites (N-methyl/N-ethyl adjacent to an activating group) is 1. The normalized spacial score (nSPS) is 14.9. The first-order valence-corrected chi connectivity index (χ1v) is 6.76. The molecule has 0 fully saturated rings. The molecule has 1 N–H and O–H groups in total. The van der Waals surface area contributed by atoms with Crippen LogP contribution in [0.15, 0.2) is 30.3 Å². The molecule has 2 aromatic rings. The Morgan fingerprint density at radius 3 is 2.85 bits per heavy atom. The predicted molar refractivity (Wildman–Crippen MR) is 79.8 cm³/mol. The lowest BCUT2D eigenvalue weighted by Gasteiger charge is -2.20. The fraction of sp³-hybridized carbons (Fsp3) is 0.312. The highest BCUT2D eigenvalue weighted by molar-refractivity contribution is 5.89. The molecule has 0 spiro atoms. The van der Waals surface area contributed by atoms with Gasteiger partial charge in [-0.1, -0.05) is 24.3 Å². The summed E-state index contributed by atoms with van der Waals surface area (Å²) in [4.78, 5) is 13.2. The molecular formula is C16H18N2O2. The summed E-state index contributed by atoms with van der Waals surface area (Å²) in [5, 5.41) is 10.6. The van der Waals surface area contributed by atoms with Gasteiger partial charge in [-0.25, -0.2) is 0 Å². The van der Waals surface area contributed by atoms with Gasteiger partial charge in [-0.2, -0.15) is 0 Å². The summed E-state index contributed by atoms with van der Waals surface area (Å²) in [6, 6.07) is 7.70. The van der Waals surface area contributed by atoms with Crippen molar-refractivity contribution < 1.29 is 9.90 Å². The maximum atomic E-state index is 11.4. The molecule has 0 saturated carbocycles. The molecule has 1 aromatic carbocycles. The highest BCUT2D eigenvalue weighted by Gasteiger charge is 2.25. The predicted octanol–water partition coefficient (Wildman–Crippen LogP) is 2.23. The van der Waals surface area contributed by atoms with Crippen LogP contribution in [0.1, 0.15) is 11.3 Å². The summed E-state index contributed by atoms with van der Waals surface area (Å²) in [5.74, 6) is -0.773. The van der Waals surface area contributed by atoms with Crippen molar-refractivity contribution in [1.82, 2.24) is 9.47 Å². The van der Waals surface area contributed by atoms with Gasteiger partial charge in [0.15, 0.2) is 0 Å². The number of benzene rings is 1. The highest BCUT2D eigenvalue weighted by atomic mass is 16.4. The van der Waals surface area contributed by atoms with Crippen molar-refractivity contribution in [3.8, 4) is 0 Å². The van der Waals surface area contributed by atoms with Crippen LogP contribution in [-0.4, -0.2) is 40.7 Å². The van der Waals surface area contributed by atoms with Crippen molar-refractivity contribution in [2.45, 2.75) is 18.9 Å². The Hall–Kier alpha value is -2.07. The SMILES string of the molecule is CN(C)C(Cc1c2n(c3ccccc13)C=CC2)C(=O)O. The molecular weight excluding hydrogens is 252 g/mol. The third kappa shape index (κ3) is 1.93. The van der Waals surface area contributed by atoms with E-state index in [1.165, 1.54) is 11.1 Å². The quantitative estimate of drug-likeness (QED) is 0.926. The number of carboxylic acids is 1. The topological polar surface area (TPSA) is 45.5 Å². The molecule has 1 unspecified atom stereocenters. The molecule has 20 heavy (non-hydrogen) atoms. The Morgan fingerprint density at radius 2 is 2.15 bits per heavy atom. The standard InChI is InChI=1S/C16H18N2O2/c1-17(2)15(16(19)20)10-12-11-6-3-4-7-13(11)18-9-5-8-14(12)18/h3-7,9,15H,8,10H2,1-2H3,(H,19,20). The maximum absolute atomic E-state index is 11.4. The zero-order chi connectivity index (χ0) is 14.3. The Kier molecular flexibility index (Phi) is 3.10. The lowest BCUT2D eigenvalue weighted by atomic mass is 10.0. The lowest BCUT2D eigenvalue weighted by molar-refractivity contribution is -0.142. The Labute approximate surface area is 117 Å². The van der Waals surface area contributed by atoms with Gasteiger partial charge in [0.05, 0.1) is 5.52 Å². The van der Waals surface area contributed by atoms with Gasteiger partial charge in [-0.15, -0.1) is 0 Å². The number of aromatic nitrogens is 1. The van der Waals surface area contributed by atoms with Gasteiger partial charge in [0, 0.05) is 30.1 Å². The Bertz CT molecular complexity index is 698. The van der Waals surface area contributed by atoms with Crippen molar-refractivity contribution in [3.05, 3.63) is 41.6 Å². The van der Waals surface area contributed by atoms with E-state index in [9.17, 15) is 9.90 Å². The minimum atomic E-state index is -0.773. The second-order valence-corrected chi connectivity index (χ2v) is 5.42. The number of nitrogens with zero attached hydrogens (tertiary/aromatic N) is 2. The van der Waals surface area contributed by atoms with E-state index >= 15 is 0 Å². The first-order valence-electron chi connectivity index (χ1n) is 6.76. The number of aliphatic carboxylic acids is 1. The number of para-hydroxylation sites is 1. The molecule has 2 heterocycles. The molecule has 1 aromatic heterocycles. The van der Waals surface area contributed by atoms with E-state index in [2.05, 4.69) is 29.0 Å². The van der Waals surface area contributed by atoms with Crippen LogP contribution in [0.4, 0.5) is 0 Å². The van der Waals surface area contributed by atoms with E-state index in [0.29, 0.717) is 6.42 Å². The van der Waals surface area contributed by atoms with Gasteiger partial charge < -0.3 is 9.67 Å². The zero-order valence-electron chi connectivity index (χ0n) is 11.7. The van der Waals surface area contributed by atoms with Crippen LogP contribution in [-0.2, 0) is 17.6 Å². The van der Waals surface area contributed by atoms with Gasteiger partial charge in [-0.05, 0) is 25.7 Å². The molecule has 0 radical (unpaired) electrons. The van der Waals surface area contributed by atoms with Crippen molar-refractivity contribution in [2.75, 3.05) is 14.1 Å². The van der Waals surface area contributed by atoms with Gasteiger partial charge in [0.1, 0.15) is 6.04 Å². The molecule has 1 aliphatic rings. The largest absolute Gasteiger partial charge is 0.480 e. The van der Waals surface area contributed by atoms with Crippen LogP contribution in [0.3, 0.4) is 0 Å². The average Bonchev–Trinajstić information content (AvgIpc) is 2.96. The second kappa shape index (κ2) is 4.80. The number of carboxylic acid groups (broad SMARTS) is 1. The summed E-state index contributed by atoms with van der Waals surface area (Å²) in [6.07, 6.45) is 5.61. The van der Waals surface area contributed by atoms with E-state index in [-0.39, 0.29) is 0 Å². The van der Waals surface area contributed by atoms with E-state index in [4.69, 9.17) is 0 Å². The molecule has 1 atom stereocenters. The maximum Gasteiger partial charge on any atom is 0.321 e. The fourth-order valence-electron chi connectivity index (χ4n) is 2.96. The number of carbonyl (C=O) groups is 1. The molecule has 3 rings (SSSR count). The molecule has 4 heteroatoms. The minimum absolute atomic E-state index is 0.494. The lowest BCUT2D eigenvalue weighted by Crippen LogP contribution is -2.37. The fourth-order valence-corrected chi connectivity index (χ4v) is 2.96. The average molecular weight is 270 g/mol. The van der Waals surface area contributed by atoms with Crippen molar-refractivity contribution in [1.29, 1.82) is 0 Å². The van der Waals surface area contributed by atoms with E-state index < -0.39 is 12.0 Å². The molecule has 0 bridgehead atoms. The number of hydrogen-bond acceptors (Lipinski definition) is 2. The van der Waals surface area contributed by atoms with Crippen LogP contribution in [0.2, 0.25) is 0 Å². The van der Waals surface area contributed by atoms with Crippen LogP contribution < -0.4 is 0 Å². The summed E-state index contributed by atoms with van der Waals surface area (Å²) < 4.78 is 2.18. The monoisotopic (exact) mass is 270 g/mol. The number of fused-ring (bicyclic) bond motifs is 3. The van der Waals surface area contributed by atoms with Crippen LogP contribution in [0.5, 0.6) is 0 Å².